The third kappa shape index (κ3) is 4.72. The van der Waals surface area contributed by atoms with Crippen LogP contribution in [0, 0.1) is 0 Å². The molecule has 0 unspecified atom stereocenters. The zero-order valence-electron chi connectivity index (χ0n) is 32.1. The first kappa shape index (κ1) is 32.8. The third-order valence-electron chi connectivity index (χ3n) is 12.4. The number of nitrogens with zero attached hydrogens (tertiary/aromatic N) is 4. The van der Waals surface area contributed by atoms with Gasteiger partial charge in [-0.3, -0.25) is 0 Å². The average molecular weight is 741 g/mol. The Morgan fingerprint density at radius 2 is 0.966 bits per heavy atom. The molecule has 1 aliphatic rings. The Labute approximate surface area is 335 Å². The van der Waals surface area contributed by atoms with Crippen LogP contribution in [0.4, 0.5) is 0 Å². The molecule has 0 saturated carbocycles. The van der Waals surface area contributed by atoms with Crippen molar-refractivity contribution in [2.75, 3.05) is 0 Å². The van der Waals surface area contributed by atoms with Gasteiger partial charge in [-0.15, -0.1) is 0 Å². The smallest absolute Gasteiger partial charge is 0.164 e. The molecule has 9 aromatic carbocycles. The maximum atomic E-state index is 5.22. The van der Waals surface area contributed by atoms with E-state index in [9.17, 15) is 0 Å². The summed E-state index contributed by atoms with van der Waals surface area (Å²) in [5.41, 5.74) is 11.6. The maximum absolute atomic E-state index is 5.22. The predicted molar refractivity (Wildman–Crippen MR) is 241 cm³/mol. The molecule has 2 aromatic heterocycles. The molecule has 12 rings (SSSR count). The minimum absolute atomic E-state index is 0.186. The van der Waals surface area contributed by atoms with Gasteiger partial charge in [0.1, 0.15) is 0 Å². The van der Waals surface area contributed by atoms with E-state index in [1.54, 1.807) is 0 Å². The standard InChI is InChI=1S/C54H36N4/c1-54(2)45-32-48-44(31-43(45)40-27-25-34-16-10-12-22-38(34)50(40)54)39-23-13-14-24-46(39)58(48)47-30-29-42(49-37-21-11-9-15-33(37)26-28-41(47)49)53-56-51(35-17-5-3-6-18-35)55-52(57-53)36-19-7-4-8-20-36/h3-32H,1-2H3. The van der Waals surface area contributed by atoms with Gasteiger partial charge in [-0.25, -0.2) is 15.0 Å². The normalized spacial score (nSPS) is 13.1. The van der Waals surface area contributed by atoms with Gasteiger partial charge in [0.05, 0.1) is 16.7 Å². The SMILES string of the molecule is CC1(C)c2cc3c(cc2-c2ccc4ccccc4c21)c1ccccc1n3-c1ccc(-c2nc(-c3ccccc3)nc(-c3ccccc3)n2)c2c1ccc1ccccc12. The fourth-order valence-electron chi connectivity index (χ4n) is 9.74. The van der Waals surface area contributed by atoms with Crippen LogP contribution < -0.4 is 0 Å². The Hall–Kier alpha value is -7.43. The summed E-state index contributed by atoms with van der Waals surface area (Å²) in [6.45, 7) is 4.78. The summed E-state index contributed by atoms with van der Waals surface area (Å²) < 4.78 is 2.49. The maximum Gasteiger partial charge on any atom is 0.164 e. The van der Waals surface area contributed by atoms with E-state index in [1.165, 1.54) is 60.2 Å². The highest BCUT2D eigenvalue weighted by Gasteiger charge is 2.38. The summed E-state index contributed by atoms with van der Waals surface area (Å²) in [5.74, 6) is 1.94. The molecule has 2 heterocycles. The van der Waals surface area contributed by atoms with Crippen molar-refractivity contribution in [3.63, 3.8) is 0 Å². The summed E-state index contributed by atoms with van der Waals surface area (Å²) in [7, 11) is 0. The second-order valence-electron chi connectivity index (χ2n) is 16.0. The fraction of sp³-hybridized carbons (Fsp3) is 0.0556. The fourth-order valence-corrected chi connectivity index (χ4v) is 9.74. The number of benzene rings is 9. The molecule has 272 valence electrons. The highest BCUT2D eigenvalue weighted by atomic mass is 15.0. The van der Waals surface area contributed by atoms with Crippen LogP contribution in [-0.2, 0) is 5.41 Å². The second-order valence-corrected chi connectivity index (χ2v) is 16.0. The van der Waals surface area contributed by atoms with Gasteiger partial charge in [0.2, 0.25) is 0 Å². The monoisotopic (exact) mass is 740 g/mol. The van der Waals surface area contributed by atoms with Gasteiger partial charge in [0.15, 0.2) is 17.5 Å². The largest absolute Gasteiger partial charge is 0.309 e. The van der Waals surface area contributed by atoms with Crippen molar-refractivity contribution >= 4 is 54.1 Å². The molecule has 0 aliphatic heterocycles. The van der Waals surface area contributed by atoms with Gasteiger partial charge in [0.25, 0.3) is 0 Å². The van der Waals surface area contributed by atoms with Crippen molar-refractivity contribution in [2.45, 2.75) is 19.3 Å². The summed E-state index contributed by atoms with van der Waals surface area (Å²) in [6.07, 6.45) is 0. The van der Waals surface area contributed by atoms with Gasteiger partial charge in [-0.05, 0) is 74.1 Å². The van der Waals surface area contributed by atoms with E-state index < -0.39 is 0 Å². The lowest BCUT2D eigenvalue weighted by atomic mass is 9.80. The van der Waals surface area contributed by atoms with Crippen molar-refractivity contribution in [1.29, 1.82) is 0 Å². The van der Waals surface area contributed by atoms with Crippen molar-refractivity contribution in [3.05, 3.63) is 193 Å². The molecule has 58 heavy (non-hydrogen) atoms. The molecule has 4 nitrogen and oxygen atoms in total. The van der Waals surface area contributed by atoms with Gasteiger partial charge < -0.3 is 4.57 Å². The van der Waals surface area contributed by atoms with E-state index >= 15 is 0 Å². The summed E-state index contributed by atoms with van der Waals surface area (Å²) in [4.78, 5) is 15.4. The molecular weight excluding hydrogens is 705 g/mol. The minimum Gasteiger partial charge on any atom is -0.309 e. The summed E-state index contributed by atoms with van der Waals surface area (Å²) in [5, 5.41) is 9.68. The Morgan fingerprint density at radius 3 is 1.69 bits per heavy atom. The molecule has 11 aromatic rings. The lowest BCUT2D eigenvalue weighted by Crippen LogP contribution is -2.15. The quantitative estimate of drug-likeness (QED) is 0.169. The van der Waals surface area contributed by atoms with Crippen LogP contribution in [0.25, 0.3) is 105 Å². The lowest BCUT2D eigenvalue weighted by molar-refractivity contribution is 0.667. The second kappa shape index (κ2) is 12.3. The van der Waals surface area contributed by atoms with E-state index in [0.717, 1.165) is 38.5 Å². The Balaban J connectivity index is 1.15. The van der Waals surface area contributed by atoms with Gasteiger partial charge in [-0.2, -0.15) is 0 Å². The average Bonchev–Trinajstić information content (AvgIpc) is 3.73. The van der Waals surface area contributed by atoms with E-state index in [1.807, 2.05) is 36.4 Å². The van der Waals surface area contributed by atoms with Gasteiger partial charge in [-0.1, -0.05) is 166 Å². The summed E-state index contributed by atoms with van der Waals surface area (Å²) in [6, 6.07) is 65.3. The molecular formula is C54H36N4. The van der Waals surface area contributed by atoms with Crippen molar-refractivity contribution < 1.29 is 0 Å². The molecule has 1 aliphatic carbocycles. The van der Waals surface area contributed by atoms with Gasteiger partial charge in [0, 0.05) is 43.7 Å². The molecule has 0 bridgehead atoms. The molecule has 0 fully saturated rings. The first-order chi connectivity index (χ1) is 28.5. The van der Waals surface area contributed by atoms with E-state index in [-0.39, 0.29) is 5.41 Å². The number of para-hydroxylation sites is 1. The Kier molecular flexibility index (Phi) is 6.94. The minimum atomic E-state index is -0.186. The number of fused-ring (bicyclic) bond motifs is 11. The van der Waals surface area contributed by atoms with Crippen LogP contribution >= 0.6 is 0 Å². The highest BCUT2D eigenvalue weighted by molar-refractivity contribution is 6.18. The Morgan fingerprint density at radius 1 is 0.397 bits per heavy atom. The highest BCUT2D eigenvalue weighted by Crippen LogP contribution is 2.53. The molecule has 0 spiro atoms. The summed E-state index contributed by atoms with van der Waals surface area (Å²) >= 11 is 0. The van der Waals surface area contributed by atoms with Gasteiger partial charge >= 0.3 is 0 Å². The zero-order chi connectivity index (χ0) is 38.5. The van der Waals surface area contributed by atoms with Crippen LogP contribution in [0.3, 0.4) is 0 Å². The molecule has 0 N–H and O–H groups in total. The number of aromatic nitrogens is 4. The first-order valence-corrected chi connectivity index (χ1v) is 20.0. The van der Waals surface area contributed by atoms with Crippen molar-refractivity contribution in [3.8, 4) is 51.0 Å². The third-order valence-corrected chi connectivity index (χ3v) is 12.4. The van der Waals surface area contributed by atoms with E-state index in [2.05, 4.69) is 164 Å². The molecule has 4 heteroatoms. The Bertz CT molecular complexity index is 3410. The van der Waals surface area contributed by atoms with E-state index in [4.69, 9.17) is 15.0 Å². The molecule has 0 atom stereocenters. The first-order valence-electron chi connectivity index (χ1n) is 20.0. The lowest BCUT2D eigenvalue weighted by Gasteiger charge is -2.23. The molecule has 0 saturated heterocycles. The van der Waals surface area contributed by atoms with Crippen LogP contribution in [0.5, 0.6) is 0 Å². The van der Waals surface area contributed by atoms with Crippen LogP contribution in [0.15, 0.2) is 182 Å². The topological polar surface area (TPSA) is 43.6 Å². The zero-order valence-corrected chi connectivity index (χ0v) is 32.1. The van der Waals surface area contributed by atoms with Crippen LogP contribution in [-0.4, -0.2) is 19.5 Å². The number of hydrogen-bond donors (Lipinski definition) is 0. The molecule has 0 amide bonds. The number of hydrogen-bond acceptors (Lipinski definition) is 3. The van der Waals surface area contributed by atoms with Crippen LogP contribution in [0.2, 0.25) is 0 Å². The number of rotatable bonds is 4. The van der Waals surface area contributed by atoms with Crippen molar-refractivity contribution in [2.24, 2.45) is 0 Å². The van der Waals surface area contributed by atoms with E-state index in [0.29, 0.717) is 17.5 Å². The molecule has 0 radical (unpaired) electrons. The van der Waals surface area contributed by atoms with Crippen molar-refractivity contribution in [1.82, 2.24) is 19.5 Å². The predicted octanol–water partition coefficient (Wildman–Crippen LogP) is 13.7. The van der Waals surface area contributed by atoms with Crippen LogP contribution in [0.1, 0.15) is 25.0 Å².